The number of hydrogen-bond donors (Lipinski definition) is 0. The van der Waals surface area contributed by atoms with Gasteiger partial charge in [-0.3, -0.25) is 4.98 Å². The molecule has 6 heteroatoms. The molecule has 0 amide bonds. The van der Waals surface area contributed by atoms with E-state index in [1.54, 1.807) is 18.3 Å². The minimum Gasteiger partial charge on any atom is -0.256 e. The maximum atomic E-state index is 12.5. The zero-order valence-electron chi connectivity index (χ0n) is 15.1. The van der Waals surface area contributed by atoms with Gasteiger partial charge in [0.2, 0.25) is 0 Å². The van der Waals surface area contributed by atoms with Gasteiger partial charge in [-0.15, -0.1) is 10.2 Å². The lowest BCUT2D eigenvalue weighted by atomic mass is 9.94. The highest BCUT2D eigenvalue weighted by atomic mass is 32.2. The molecule has 0 unspecified atom stereocenters. The molecular weight excluding hydrogens is 370 g/mol. The first-order valence-corrected chi connectivity index (χ1v) is 10.6. The van der Waals surface area contributed by atoms with E-state index in [1.165, 1.54) is 0 Å². The Labute approximate surface area is 163 Å². The van der Waals surface area contributed by atoms with Crippen molar-refractivity contribution in [3.05, 3.63) is 85.1 Å². The number of benzene rings is 2. The van der Waals surface area contributed by atoms with Crippen molar-refractivity contribution < 1.29 is 8.42 Å². The Morgan fingerprint density at radius 2 is 1.29 bits per heavy atom. The number of rotatable bonds is 4. The van der Waals surface area contributed by atoms with Gasteiger partial charge in [-0.2, -0.15) is 0 Å². The van der Waals surface area contributed by atoms with Crippen molar-refractivity contribution in [2.75, 3.05) is 6.26 Å². The second-order valence-corrected chi connectivity index (χ2v) is 8.25. The van der Waals surface area contributed by atoms with Gasteiger partial charge in [-0.25, -0.2) is 8.42 Å². The standard InChI is InChI=1S/C22H17N3O2S/c1-28(26,27)22-20(18-14-8-9-15-23-18)19(16-10-4-2-5-11-16)21(24-25-22)17-12-6-3-7-13-17/h2-15H,1H3. The Bertz CT molecular complexity index is 1210. The fourth-order valence-corrected chi connectivity index (χ4v) is 3.88. The van der Waals surface area contributed by atoms with Gasteiger partial charge < -0.3 is 0 Å². The largest absolute Gasteiger partial charge is 0.256 e. The summed E-state index contributed by atoms with van der Waals surface area (Å²) in [6, 6.07) is 24.6. The van der Waals surface area contributed by atoms with Crippen molar-refractivity contribution >= 4 is 9.84 Å². The van der Waals surface area contributed by atoms with Crippen molar-refractivity contribution in [3.63, 3.8) is 0 Å². The lowest BCUT2D eigenvalue weighted by molar-refractivity contribution is 0.596. The minimum absolute atomic E-state index is 0.0789. The molecule has 2 heterocycles. The van der Waals surface area contributed by atoms with Gasteiger partial charge in [0.25, 0.3) is 0 Å². The van der Waals surface area contributed by atoms with Crippen molar-refractivity contribution in [2.45, 2.75) is 5.03 Å². The Hall–Kier alpha value is -3.38. The van der Waals surface area contributed by atoms with Crippen LogP contribution in [0.15, 0.2) is 90.1 Å². The molecule has 0 spiro atoms. The molecule has 0 aliphatic heterocycles. The number of sulfone groups is 1. The molecule has 138 valence electrons. The first-order valence-electron chi connectivity index (χ1n) is 8.68. The zero-order chi connectivity index (χ0) is 19.6. The van der Waals surface area contributed by atoms with Crippen LogP contribution in [0.1, 0.15) is 0 Å². The quantitative estimate of drug-likeness (QED) is 0.523. The van der Waals surface area contributed by atoms with Crippen molar-refractivity contribution in [1.29, 1.82) is 0 Å². The summed E-state index contributed by atoms with van der Waals surface area (Å²) in [4.78, 5) is 4.41. The summed E-state index contributed by atoms with van der Waals surface area (Å²) in [6.45, 7) is 0. The van der Waals surface area contributed by atoms with Gasteiger partial charge in [-0.1, -0.05) is 66.7 Å². The minimum atomic E-state index is -3.62. The molecule has 0 bridgehead atoms. The molecule has 2 aromatic heterocycles. The molecule has 0 aliphatic rings. The van der Waals surface area contributed by atoms with E-state index in [-0.39, 0.29) is 5.03 Å². The number of nitrogens with zero attached hydrogens (tertiary/aromatic N) is 3. The van der Waals surface area contributed by atoms with Crippen LogP contribution in [0.3, 0.4) is 0 Å². The molecule has 0 saturated carbocycles. The number of aromatic nitrogens is 3. The predicted octanol–water partition coefficient (Wildman–Crippen LogP) is 4.28. The summed E-state index contributed by atoms with van der Waals surface area (Å²) in [7, 11) is -3.62. The summed E-state index contributed by atoms with van der Waals surface area (Å²) < 4.78 is 25.1. The Morgan fingerprint density at radius 3 is 1.86 bits per heavy atom. The molecule has 2 aromatic carbocycles. The molecule has 0 atom stereocenters. The van der Waals surface area contributed by atoms with E-state index in [2.05, 4.69) is 15.2 Å². The van der Waals surface area contributed by atoms with Crippen LogP contribution >= 0.6 is 0 Å². The third kappa shape index (κ3) is 3.42. The van der Waals surface area contributed by atoms with Crippen LogP contribution in [0.5, 0.6) is 0 Å². The van der Waals surface area contributed by atoms with Gasteiger partial charge in [-0.05, 0) is 17.7 Å². The highest BCUT2D eigenvalue weighted by Crippen LogP contribution is 2.40. The predicted molar refractivity (Wildman–Crippen MR) is 109 cm³/mol. The molecule has 0 aliphatic carbocycles. The molecule has 0 radical (unpaired) electrons. The lowest BCUT2D eigenvalue weighted by Gasteiger charge is -2.16. The Morgan fingerprint density at radius 1 is 0.679 bits per heavy atom. The van der Waals surface area contributed by atoms with E-state index in [1.807, 2.05) is 66.7 Å². The average Bonchev–Trinajstić information content (AvgIpc) is 2.74. The maximum absolute atomic E-state index is 12.5. The smallest absolute Gasteiger partial charge is 0.195 e. The van der Waals surface area contributed by atoms with Gasteiger partial charge >= 0.3 is 0 Å². The topological polar surface area (TPSA) is 72.8 Å². The molecule has 0 fully saturated rings. The number of hydrogen-bond acceptors (Lipinski definition) is 5. The molecule has 5 nitrogen and oxygen atoms in total. The van der Waals surface area contributed by atoms with Gasteiger partial charge in [0.1, 0.15) is 5.69 Å². The third-order valence-electron chi connectivity index (χ3n) is 4.32. The molecular formula is C22H17N3O2S. The maximum Gasteiger partial charge on any atom is 0.195 e. The van der Waals surface area contributed by atoms with E-state index >= 15 is 0 Å². The summed E-state index contributed by atoms with van der Waals surface area (Å²) >= 11 is 0. The Kier molecular flexibility index (Phi) is 4.71. The molecule has 4 rings (SSSR count). The van der Waals surface area contributed by atoms with E-state index < -0.39 is 9.84 Å². The molecule has 0 saturated heterocycles. The monoisotopic (exact) mass is 387 g/mol. The van der Waals surface area contributed by atoms with Crippen molar-refractivity contribution in [3.8, 4) is 33.6 Å². The van der Waals surface area contributed by atoms with Crippen LogP contribution in [0.25, 0.3) is 33.6 Å². The van der Waals surface area contributed by atoms with Crippen molar-refractivity contribution in [2.24, 2.45) is 0 Å². The highest BCUT2D eigenvalue weighted by Gasteiger charge is 2.26. The second-order valence-electron chi connectivity index (χ2n) is 6.32. The van der Waals surface area contributed by atoms with Gasteiger partial charge in [0, 0.05) is 29.1 Å². The van der Waals surface area contributed by atoms with E-state index in [9.17, 15) is 8.42 Å². The van der Waals surface area contributed by atoms with E-state index in [4.69, 9.17) is 0 Å². The van der Waals surface area contributed by atoms with Crippen LogP contribution in [0.2, 0.25) is 0 Å². The first-order chi connectivity index (χ1) is 13.6. The van der Waals surface area contributed by atoms with Gasteiger partial charge in [0.05, 0.1) is 5.69 Å². The van der Waals surface area contributed by atoms with Crippen molar-refractivity contribution in [1.82, 2.24) is 15.2 Å². The number of pyridine rings is 1. The summed E-state index contributed by atoms with van der Waals surface area (Å²) in [5.41, 5.74) is 4.01. The van der Waals surface area contributed by atoms with Crippen LogP contribution < -0.4 is 0 Å². The summed E-state index contributed by atoms with van der Waals surface area (Å²) in [5.74, 6) is 0. The normalized spacial score (nSPS) is 11.3. The van der Waals surface area contributed by atoms with Crippen LogP contribution in [0, 0.1) is 0 Å². The lowest BCUT2D eigenvalue weighted by Crippen LogP contribution is -2.09. The third-order valence-corrected chi connectivity index (χ3v) is 5.31. The van der Waals surface area contributed by atoms with Crippen LogP contribution in [-0.4, -0.2) is 29.9 Å². The fraction of sp³-hybridized carbons (Fsp3) is 0.0455. The van der Waals surface area contributed by atoms with E-state index in [0.29, 0.717) is 22.5 Å². The summed E-state index contributed by atoms with van der Waals surface area (Å²) in [5, 5.41) is 8.35. The Balaban J connectivity index is 2.17. The van der Waals surface area contributed by atoms with Gasteiger partial charge in [0.15, 0.2) is 14.9 Å². The highest BCUT2D eigenvalue weighted by molar-refractivity contribution is 7.90. The fourth-order valence-electron chi connectivity index (χ4n) is 3.11. The molecule has 28 heavy (non-hydrogen) atoms. The summed E-state index contributed by atoms with van der Waals surface area (Å²) in [6.07, 6.45) is 2.78. The van der Waals surface area contributed by atoms with Crippen LogP contribution in [0.4, 0.5) is 0 Å². The first kappa shape index (κ1) is 18.0. The zero-order valence-corrected chi connectivity index (χ0v) is 16.0. The van der Waals surface area contributed by atoms with E-state index in [0.717, 1.165) is 17.4 Å². The second kappa shape index (κ2) is 7.32. The van der Waals surface area contributed by atoms with Crippen LogP contribution in [-0.2, 0) is 9.84 Å². The SMILES string of the molecule is CS(=O)(=O)c1nnc(-c2ccccc2)c(-c2ccccc2)c1-c1ccccn1. The molecule has 0 N–H and O–H groups in total. The average molecular weight is 387 g/mol. The molecule has 4 aromatic rings.